The number of ether oxygens (including phenoxy) is 1. The van der Waals surface area contributed by atoms with Gasteiger partial charge in [-0.1, -0.05) is 13.3 Å². The SMILES string of the molecule is CCCCN1CCC(NC(=NC)NCCOCC2CC2)CC1.I. The van der Waals surface area contributed by atoms with Crippen LogP contribution in [0.3, 0.4) is 0 Å². The van der Waals surface area contributed by atoms with Crippen molar-refractivity contribution in [1.82, 2.24) is 15.5 Å². The summed E-state index contributed by atoms with van der Waals surface area (Å²) in [6.07, 6.45) is 7.74. The second-order valence-electron chi connectivity index (χ2n) is 6.63. The largest absolute Gasteiger partial charge is 0.379 e. The third-order valence-electron chi connectivity index (χ3n) is 4.57. The second-order valence-corrected chi connectivity index (χ2v) is 6.63. The number of aliphatic imine (C=N–C) groups is 1. The van der Waals surface area contributed by atoms with Gasteiger partial charge in [0.15, 0.2) is 5.96 Å². The molecule has 2 N–H and O–H groups in total. The van der Waals surface area contributed by atoms with Gasteiger partial charge in [0, 0.05) is 39.3 Å². The first-order chi connectivity index (χ1) is 10.8. The molecule has 0 spiro atoms. The van der Waals surface area contributed by atoms with Crippen LogP contribution in [-0.2, 0) is 4.74 Å². The molecule has 6 heteroatoms. The Labute approximate surface area is 159 Å². The maximum Gasteiger partial charge on any atom is 0.191 e. The molecule has 2 aliphatic rings. The van der Waals surface area contributed by atoms with E-state index in [0.29, 0.717) is 6.04 Å². The molecule has 1 aliphatic heterocycles. The van der Waals surface area contributed by atoms with Gasteiger partial charge in [0.1, 0.15) is 0 Å². The summed E-state index contributed by atoms with van der Waals surface area (Å²) in [5.41, 5.74) is 0. The van der Waals surface area contributed by atoms with Crippen molar-refractivity contribution in [1.29, 1.82) is 0 Å². The zero-order chi connectivity index (χ0) is 15.6. The van der Waals surface area contributed by atoms with Crippen LogP contribution in [0.4, 0.5) is 0 Å². The van der Waals surface area contributed by atoms with Crippen LogP contribution in [0, 0.1) is 5.92 Å². The van der Waals surface area contributed by atoms with Crippen molar-refractivity contribution in [2.24, 2.45) is 10.9 Å². The van der Waals surface area contributed by atoms with Crippen LogP contribution in [0.15, 0.2) is 4.99 Å². The van der Waals surface area contributed by atoms with E-state index < -0.39 is 0 Å². The lowest BCUT2D eigenvalue weighted by molar-refractivity contribution is 0.129. The number of hydrogen-bond donors (Lipinski definition) is 2. The summed E-state index contributed by atoms with van der Waals surface area (Å²) < 4.78 is 5.64. The minimum atomic E-state index is 0. The van der Waals surface area contributed by atoms with E-state index in [1.165, 1.54) is 58.2 Å². The Morgan fingerprint density at radius 2 is 1.96 bits per heavy atom. The van der Waals surface area contributed by atoms with E-state index in [9.17, 15) is 0 Å². The Bertz CT molecular complexity index is 329. The molecule has 2 rings (SSSR count). The summed E-state index contributed by atoms with van der Waals surface area (Å²) in [6, 6.07) is 0.552. The molecule has 0 bridgehead atoms. The third kappa shape index (κ3) is 9.10. The van der Waals surface area contributed by atoms with E-state index in [2.05, 4.69) is 27.4 Å². The van der Waals surface area contributed by atoms with Gasteiger partial charge in [0.25, 0.3) is 0 Å². The normalized spacial score (nSPS) is 20.2. The van der Waals surface area contributed by atoms with E-state index in [0.717, 1.165) is 31.6 Å². The molecule has 0 amide bonds. The van der Waals surface area contributed by atoms with Crippen LogP contribution in [-0.4, -0.2) is 63.3 Å². The van der Waals surface area contributed by atoms with Crippen LogP contribution >= 0.6 is 24.0 Å². The van der Waals surface area contributed by atoms with Gasteiger partial charge in [0.2, 0.25) is 0 Å². The van der Waals surface area contributed by atoms with Crippen LogP contribution in [0.5, 0.6) is 0 Å². The highest BCUT2D eigenvalue weighted by atomic mass is 127. The van der Waals surface area contributed by atoms with Crippen molar-refractivity contribution < 1.29 is 4.74 Å². The molecule has 1 aliphatic carbocycles. The summed E-state index contributed by atoms with van der Waals surface area (Å²) in [6.45, 7) is 8.48. The van der Waals surface area contributed by atoms with Crippen molar-refractivity contribution in [2.45, 2.75) is 51.5 Å². The Hall–Kier alpha value is -0.0800. The lowest BCUT2D eigenvalue weighted by Crippen LogP contribution is -2.49. The number of nitrogens with one attached hydrogen (secondary N) is 2. The molecule has 0 aromatic carbocycles. The molecule has 1 saturated carbocycles. The lowest BCUT2D eigenvalue weighted by atomic mass is 10.0. The molecule has 0 radical (unpaired) electrons. The standard InChI is InChI=1S/C17H34N4O.HI/c1-3-4-10-21-11-7-16(8-12-21)20-17(18-2)19-9-13-22-14-15-5-6-15;/h15-16H,3-14H2,1-2H3,(H2,18,19,20);1H. The third-order valence-corrected chi connectivity index (χ3v) is 4.57. The quantitative estimate of drug-likeness (QED) is 0.251. The molecule has 2 fully saturated rings. The minimum Gasteiger partial charge on any atom is -0.379 e. The van der Waals surface area contributed by atoms with Gasteiger partial charge in [-0.2, -0.15) is 0 Å². The molecule has 23 heavy (non-hydrogen) atoms. The molecular formula is C17H35IN4O. The maximum atomic E-state index is 5.64. The first kappa shape index (κ1) is 21.0. The average molecular weight is 438 g/mol. The fraction of sp³-hybridized carbons (Fsp3) is 0.941. The Morgan fingerprint density at radius 1 is 1.22 bits per heavy atom. The van der Waals surface area contributed by atoms with Gasteiger partial charge in [0.05, 0.1) is 6.61 Å². The summed E-state index contributed by atoms with van der Waals surface area (Å²) in [4.78, 5) is 6.91. The molecule has 1 heterocycles. The van der Waals surface area contributed by atoms with E-state index in [-0.39, 0.29) is 24.0 Å². The molecule has 0 aromatic heterocycles. The predicted octanol–water partition coefficient (Wildman–Crippen LogP) is 2.46. The van der Waals surface area contributed by atoms with E-state index in [1.807, 2.05) is 7.05 Å². The first-order valence-electron chi connectivity index (χ1n) is 9.09. The van der Waals surface area contributed by atoms with Gasteiger partial charge >= 0.3 is 0 Å². The van der Waals surface area contributed by atoms with Crippen LogP contribution in [0.1, 0.15) is 45.4 Å². The predicted molar refractivity (Wildman–Crippen MR) is 108 cm³/mol. The number of hydrogen-bond acceptors (Lipinski definition) is 3. The number of halogens is 1. The number of nitrogens with zero attached hydrogens (tertiary/aromatic N) is 2. The maximum absolute atomic E-state index is 5.64. The number of likely N-dealkylation sites (tertiary alicyclic amines) is 1. The van der Waals surface area contributed by atoms with Gasteiger partial charge in [-0.25, -0.2) is 0 Å². The minimum absolute atomic E-state index is 0. The Morgan fingerprint density at radius 3 is 2.57 bits per heavy atom. The summed E-state index contributed by atoms with van der Waals surface area (Å²) in [5.74, 6) is 1.76. The van der Waals surface area contributed by atoms with Crippen molar-refractivity contribution in [3.8, 4) is 0 Å². The number of unbranched alkanes of at least 4 members (excludes halogenated alkanes) is 1. The van der Waals surface area contributed by atoms with Crippen molar-refractivity contribution >= 4 is 29.9 Å². The highest BCUT2D eigenvalue weighted by Crippen LogP contribution is 2.28. The molecule has 0 aromatic rings. The number of rotatable bonds is 9. The monoisotopic (exact) mass is 438 g/mol. The van der Waals surface area contributed by atoms with Gasteiger partial charge in [-0.05, 0) is 44.6 Å². The summed E-state index contributed by atoms with van der Waals surface area (Å²) in [7, 11) is 1.84. The molecule has 0 atom stereocenters. The van der Waals surface area contributed by atoms with Gasteiger partial charge < -0.3 is 20.3 Å². The molecule has 136 valence electrons. The molecule has 1 saturated heterocycles. The second kappa shape index (κ2) is 12.3. The lowest BCUT2D eigenvalue weighted by Gasteiger charge is -2.33. The molecule has 0 unspecified atom stereocenters. The Balaban J connectivity index is 0.00000264. The van der Waals surface area contributed by atoms with Crippen molar-refractivity contribution in [3.05, 3.63) is 0 Å². The van der Waals surface area contributed by atoms with E-state index >= 15 is 0 Å². The highest BCUT2D eigenvalue weighted by Gasteiger charge is 2.21. The number of piperidine rings is 1. The number of guanidine groups is 1. The fourth-order valence-corrected chi connectivity index (χ4v) is 2.85. The van der Waals surface area contributed by atoms with E-state index in [4.69, 9.17) is 4.74 Å². The topological polar surface area (TPSA) is 48.9 Å². The van der Waals surface area contributed by atoms with Crippen LogP contribution < -0.4 is 10.6 Å². The van der Waals surface area contributed by atoms with Crippen LogP contribution in [0.25, 0.3) is 0 Å². The van der Waals surface area contributed by atoms with Crippen molar-refractivity contribution in [2.75, 3.05) is 46.4 Å². The average Bonchev–Trinajstić information content (AvgIpc) is 3.37. The smallest absolute Gasteiger partial charge is 0.191 e. The zero-order valence-electron chi connectivity index (χ0n) is 14.9. The molecule has 5 nitrogen and oxygen atoms in total. The fourth-order valence-electron chi connectivity index (χ4n) is 2.85. The molecular weight excluding hydrogens is 403 g/mol. The van der Waals surface area contributed by atoms with Crippen LogP contribution in [0.2, 0.25) is 0 Å². The Kier molecular flexibility index (Phi) is 11.2. The first-order valence-corrected chi connectivity index (χ1v) is 9.09. The zero-order valence-corrected chi connectivity index (χ0v) is 17.2. The summed E-state index contributed by atoms with van der Waals surface area (Å²) >= 11 is 0. The van der Waals surface area contributed by atoms with Gasteiger partial charge in [-0.15, -0.1) is 24.0 Å². The van der Waals surface area contributed by atoms with Gasteiger partial charge in [-0.3, -0.25) is 4.99 Å². The van der Waals surface area contributed by atoms with E-state index in [1.54, 1.807) is 0 Å². The van der Waals surface area contributed by atoms with Crippen molar-refractivity contribution in [3.63, 3.8) is 0 Å². The highest BCUT2D eigenvalue weighted by molar-refractivity contribution is 14.0. The summed E-state index contributed by atoms with van der Waals surface area (Å²) in [5, 5.41) is 6.91.